The van der Waals surface area contributed by atoms with E-state index >= 15 is 0 Å². The number of nitrogens with zero attached hydrogens (tertiary/aromatic N) is 1. The fourth-order valence-electron chi connectivity index (χ4n) is 3.08. The molecule has 0 bridgehead atoms. The number of primary amides is 1. The second-order valence-corrected chi connectivity index (χ2v) is 6.35. The SMILES string of the molecule is NC(=O)c1cc(N2CCCCC2)ccc1NCC(=O)NCc1ccco1. The third kappa shape index (κ3) is 4.56. The van der Waals surface area contributed by atoms with Crippen LogP contribution in [0.5, 0.6) is 0 Å². The number of carbonyl (C=O) groups excluding carboxylic acids is 2. The lowest BCUT2D eigenvalue weighted by atomic mass is 10.1. The highest BCUT2D eigenvalue weighted by atomic mass is 16.3. The van der Waals surface area contributed by atoms with Crippen molar-refractivity contribution in [2.75, 3.05) is 29.9 Å². The van der Waals surface area contributed by atoms with Crippen LogP contribution >= 0.6 is 0 Å². The van der Waals surface area contributed by atoms with E-state index in [2.05, 4.69) is 15.5 Å². The molecule has 7 nitrogen and oxygen atoms in total. The Morgan fingerprint density at radius 3 is 2.65 bits per heavy atom. The first kappa shape index (κ1) is 17.8. The van der Waals surface area contributed by atoms with Crippen molar-refractivity contribution in [3.8, 4) is 0 Å². The number of hydrogen-bond donors (Lipinski definition) is 3. The van der Waals surface area contributed by atoms with Gasteiger partial charge in [-0.05, 0) is 49.6 Å². The highest BCUT2D eigenvalue weighted by Gasteiger charge is 2.15. The minimum absolute atomic E-state index is 0.0457. The van der Waals surface area contributed by atoms with Gasteiger partial charge < -0.3 is 25.7 Å². The summed E-state index contributed by atoms with van der Waals surface area (Å²) in [6.45, 7) is 2.34. The zero-order valence-corrected chi connectivity index (χ0v) is 14.7. The summed E-state index contributed by atoms with van der Waals surface area (Å²) in [5, 5.41) is 5.74. The summed E-state index contributed by atoms with van der Waals surface area (Å²) in [6, 6.07) is 9.13. The van der Waals surface area contributed by atoms with Crippen molar-refractivity contribution in [3.05, 3.63) is 47.9 Å². The topological polar surface area (TPSA) is 101 Å². The molecular formula is C19H24N4O3. The molecule has 2 aromatic rings. The summed E-state index contributed by atoms with van der Waals surface area (Å²) in [7, 11) is 0. The van der Waals surface area contributed by atoms with Gasteiger partial charge in [0.15, 0.2) is 0 Å². The van der Waals surface area contributed by atoms with Crippen LogP contribution in [-0.4, -0.2) is 31.4 Å². The van der Waals surface area contributed by atoms with Crippen LogP contribution in [0.1, 0.15) is 35.4 Å². The molecule has 1 aromatic carbocycles. The largest absolute Gasteiger partial charge is 0.467 e. The van der Waals surface area contributed by atoms with Crippen LogP contribution in [0.2, 0.25) is 0 Å². The predicted molar refractivity (Wildman–Crippen MR) is 100 cm³/mol. The third-order valence-electron chi connectivity index (χ3n) is 4.47. The molecule has 4 N–H and O–H groups in total. The molecule has 1 fully saturated rings. The lowest BCUT2D eigenvalue weighted by Gasteiger charge is -2.29. The van der Waals surface area contributed by atoms with Crippen molar-refractivity contribution >= 4 is 23.2 Å². The number of rotatable bonds is 7. The van der Waals surface area contributed by atoms with Crippen molar-refractivity contribution in [1.29, 1.82) is 0 Å². The number of amides is 2. The van der Waals surface area contributed by atoms with E-state index in [9.17, 15) is 9.59 Å². The predicted octanol–water partition coefficient (Wildman–Crippen LogP) is 2.10. The number of furan rings is 1. The second-order valence-electron chi connectivity index (χ2n) is 6.35. The van der Waals surface area contributed by atoms with E-state index in [0.717, 1.165) is 31.6 Å². The van der Waals surface area contributed by atoms with Gasteiger partial charge in [-0.3, -0.25) is 9.59 Å². The van der Waals surface area contributed by atoms with Gasteiger partial charge in [-0.2, -0.15) is 0 Å². The Hall–Kier alpha value is -2.96. The molecule has 0 radical (unpaired) electrons. The standard InChI is InChI=1S/C19H24N4O3/c20-19(25)16-11-14(23-8-2-1-3-9-23)6-7-17(16)21-13-18(24)22-12-15-5-4-10-26-15/h4-7,10-11,21H,1-3,8-9,12-13H2,(H2,20,25)(H,22,24). The molecule has 0 aliphatic carbocycles. The van der Waals surface area contributed by atoms with Crippen LogP contribution in [-0.2, 0) is 11.3 Å². The van der Waals surface area contributed by atoms with Gasteiger partial charge in [0.2, 0.25) is 5.91 Å². The molecule has 0 saturated carbocycles. The van der Waals surface area contributed by atoms with Crippen molar-refractivity contribution in [2.45, 2.75) is 25.8 Å². The van der Waals surface area contributed by atoms with Gasteiger partial charge in [-0.15, -0.1) is 0 Å². The number of hydrogen-bond acceptors (Lipinski definition) is 5. The molecule has 0 atom stereocenters. The van der Waals surface area contributed by atoms with Crippen LogP contribution in [0.15, 0.2) is 41.0 Å². The van der Waals surface area contributed by atoms with Crippen LogP contribution in [0.3, 0.4) is 0 Å². The zero-order chi connectivity index (χ0) is 18.4. The van der Waals surface area contributed by atoms with Crippen molar-refractivity contribution < 1.29 is 14.0 Å². The highest BCUT2D eigenvalue weighted by molar-refractivity contribution is 6.00. The third-order valence-corrected chi connectivity index (χ3v) is 4.47. The number of nitrogens with one attached hydrogen (secondary N) is 2. The van der Waals surface area contributed by atoms with Gasteiger partial charge in [0.25, 0.3) is 5.91 Å². The average Bonchev–Trinajstić information content (AvgIpc) is 3.19. The summed E-state index contributed by atoms with van der Waals surface area (Å²) in [5.41, 5.74) is 7.48. The molecule has 1 aliphatic heterocycles. The van der Waals surface area contributed by atoms with Crippen molar-refractivity contribution in [1.82, 2.24) is 5.32 Å². The van der Waals surface area contributed by atoms with Crippen molar-refractivity contribution in [3.63, 3.8) is 0 Å². The fourth-order valence-corrected chi connectivity index (χ4v) is 3.08. The molecule has 1 saturated heterocycles. The molecule has 3 rings (SSSR count). The minimum atomic E-state index is -0.512. The number of anilines is 2. The number of piperidine rings is 1. The maximum atomic E-state index is 12.0. The Bertz CT molecular complexity index is 752. The van der Waals surface area contributed by atoms with Gasteiger partial charge in [-0.25, -0.2) is 0 Å². The molecule has 26 heavy (non-hydrogen) atoms. The molecule has 1 aromatic heterocycles. The van der Waals surface area contributed by atoms with Gasteiger partial charge in [0, 0.05) is 24.5 Å². The molecule has 2 heterocycles. The summed E-state index contributed by atoms with van der Waals surface area (Å²) in [6.07, 6.45) is 5.11. The average molecular weight is 356 g/mol. The Balaban J connectivity index is 1.61. The second kappa shape index (κ2) is 8.42. The van der Waals surface area contributed by atoms with Crippen LogP contribution in [0, 0.1) is 0 Å². The molecule has 0 unspecified atom stereocenters. The molecule has 0 spiro atoms. The highest BCUT2D eigenvalue weighted by Crippen LogP contribution is 2.25. The summed E-state index contributed by atoms with van der Waals surface area (Å²) >= 11 is 0. The maximum Gasteiger partial charge on any atom is 0.250 e. The van der Waals surface area contributed by atoms with E-state index in [1.807, 2.05) is 12.1 Å². The minimum Gasteiger partial charge on any atom is -0.467 e. The first-order valence-electron chi connectivity index (χ1n) is 8.85. The Labute approximate surface area is 152 Å². The molecular weight excluding hydrogens is 332 g/mol. The number of carbonyl (C=O) groups is 2. The normalized spacial score (nSPS) is 14.1. The van der Waals surface area contributed by atoms with Crippen molar-refractivity contribution in [2.24, 2.45) is 5.73 Å². The van der Waals surface area contributed by atoms with E-state index in [4.69, 9.17) is 10.2 Å². The van der Waals surface area contributed by atoms with Gasteiger partial charge in [-0.1, -0.05) is 0 Å². The van der Waals surface area contributed by atoms with Gasteiger partial charge >= 0.3 is 0 Å². The molecule has 7 heteroatoms. The number of nitrogens with two attached hydrogens (primary N) is 1. The van der Waals surface area contributed by atoms with Crippen LogP contribution in [0.4, 0.5) is 11.4 Å². The number of benzene rings is 1. The van der Waals surface area contributed by atoms with E-state index in [1.54, 1.807) is 24.5 Å². The fraction of sp³-hybridized carbons (Fsp3) is 0.368. The quantitative estimate of drug-likeness (QED) is 0.705. The van der Waals surface area contributed by atoms with E-state index < -0.39 is 5.91 Å². The lowest BCUT2D eigenvalue weighted by molar-refractivity contribution is -0.119. The van der Waals surface area contributed by atoms with Crippen LogP contribution in [0.25, 0.3) is 0 Å². The van der Waals surface area contributed by atoms with E-state index in [1.165, 1.54) is 6.42 Å². The summed E-state index contributed by atoms with van der Waals surface area (Å²) in [4.78, 5) is 26.1. The van der Waals surface area contributed by atoms with E-state index in [0.29, 0.717) is 23.6 Å². The first-order chi connectivity index (χ1) is 12.6. The Morgan fingerprint density at radius 1 is 1.15 bits per heavy atom. The lowest BCUT2D eigenvalue weighted by Crippen LogP contribution is -2.31. The van der Waals surface area contributed by atoms with Crippen LogP contribution < -0.4 is 21.3 Å². The smallest absolute Gasteiger partial charge is 0.250 e. The molecule has 2 amide bonds. The Morgan fingerprint density at radius 2 is 1.96 bits per heavy atom. The Kier molecular flexibility index (Phi) is 5.78. The summed E-state index contributed by atoms with van der Waals surface area (Å²) < 4.78 is 5.17. The first-order valence-corrected chi connectivity index (χ1v) is 8.85. The maximum absolute atomic E-state index is 12.0. The summed E-state index contributed by atoms with van der Waals surface area (Å²) in [5.74, 6) is -0.0265. The van der Waals surface area contributed by atoms with Gasteiger partial charge in [0.05, 0.1) is 24.9 Å². The zero-order valence-electron chi connectivity index (χ0n) is 14.7. The molecule has 1 aliphatic rings. The monoisotopic (exact) mass is 356 g/mol. The molecule has 138 valence electrons. The van der Waals surface area contributed by atoms with Gasteiger partial charge in [0.1, 0.15) is 5.76 Å². The van der Waals surface area contributed by atoms with E-state index in [-0.39, 0.29) is 12.5 Å².